The number of halogens is 4. The molecule has 0 aromatic carbocycles. The Morgan fingerprint density at radius 3 is 2.15 bits per heavy atom. The fraction of sp³-hybridized carbons (Fsp3) is 1.00. The van der Waals surface area contributed by atoms with Crippen LogP contribution in [0.2, 0.25) is 0 Å². The molecule has 0 amide bonds. The molecule has 0 heterocycles. The molecule has 4 heteroatoms. The van der Waals surface area contributed by atoms with Crippen LogP contribution in [0.1, 0.15) is 39.5 Å². The Kier molecular flexibility index (Phi) is 6.33. The summed E-state index contributed by atoms with van der Waals surface area (Å²) in [6.07, 6.45) is -0.356. The van der Waals surface area contributed by atoms with E-state index < -0.39 is 12.1 Å². The molecule has 13 heavy (non-hydrogen) atoms. The minimum atomic E-state index is -4.03. The topological polar surface area (TPSA) is 0 Å². The molecule has 2 atom stereocenters. The van der Waals surface area contributed by atoms with Crippen LogP contribution < -0.4 is 0 Å². The van der Waals surface area contributed by atoms with Gasteiger partial charge in [0.15, 0.2) is 0 Å². The summed E-state index contributed by atoms with van der Waals surface area (Å²) < 4.78 is 36.3. The third-order valence-corrected chi connectivity index (χ3v) is 3.84. The molecular formula is C9H16F3I. The maximum Gasteiger partial charge on any atom is 0.392 e. The molecular weight excluding hydrogens is 292 g/mol. The van der Waals surface area contributed by atoms with E-state index in [2.05, 4.69) is 6.92 Å². The monoisotopic (exact) mass is 308 g/mol. The van der Waals surface area contributed by atoms with Crippen LogP contribution in [0.25, 0.3) is 0 Å². The zero-order valence-corrected chi connectivity index (χ0v) is 10.2. The predicted molar refractivity (Wildman–Crippen MR) is 57.2 cm³/mol. The molecule has 80 valence electrons. The molecule has 0 saturated heterocycles. The van der Waals surface area contributed by atoms with Crippen molar-refractivity contribution < 1.29 is 13.2 Å². The third-order valence-electron chi connectivity index (χ3n) is 2.14. The molecule has 0 aliphatic heterocycles. The SMILES string of the molecule is CCCCCC(I)C(C)C(F)(F)F. The van der Waals surface area contributed by atoms with Crippen LogP contribution in [0.3, 0.4) is 0 Å². The van der Waals surface area contributed by atoms with Crippen molar-refractivity contribution in [3.63, 3.8) is 0 Å². The van der Waals surface area contributed by atoms with E-state index in [9.17, 15) is 13.2 Å². The van der Waals surface area contributed by atoms with Crippen molar-refractivity contribution in [1.82, 2.24) is 0 Å². The fourth-order valence-corrected chi connectivity index (χ4v) is 1.89. The van der Waals surface area contributed by atoms with Crippen LogP contribution in [0.5, 0.6) is 0 Å². The van der Waals surface area contributed by atoms with E-state index in [-0.39, 0.29) is 3.92 Å². The molecule has 0 rings (SSSR count). The molecule has 0 aliphatic carbocycles. The molecule has 0 aliphatic rings. The summed E-state index contributed by atoms with van der Waals surface area (Å²) in [5, 5.41) is 0. The van der Waals surface area contributed by atoms with E-state index in [4.69, 9.17) is 0 Å². The largest absolute Gasteiger partial charge is 0.392 e. The van der Waals surface area contributed by atoms with Gasteiger partial charge in [0.2, 0.25) is 0 Å². The lowest BCUT2D eigenvalue weighted by Crippen LogP contribution is -2.27. The van der Waals surface area contributed by atoms with Crippen molar-refractivity contribution >= 4 is 22.6 Å². The average molecular weight is 308 g/mol. The second-order valence-electron chi connectivity index (χ2n) is 3.34. The lowest BCUT2D eigenvalue weighted by molar-refractivity contribution is -0.168. The summed E-state index contributed by atoms with van der Waals surface area (Å²) >= 11 is 1.91. The second-order valence-corrected chi connectivity index (χ2v) is 4.94. The molecule has 0 aromatic heterocycles. The maximum absolute atomic E-state index is 12.2. The molecule has 0 spiro atoms. The van der Waals surface area contributed by atoms with E-state index in [1.165, 1.54) is 6.92 Å². The lowest BCUT2D eigenvalue weighted by Gasteiger charge is -2.20. The minimum absolute atomic E-state index is 0.274. The van der Waals surface area contributed by atoms with Crippen molar-refractivity contribution in [3.8, 4) is 0 Å². The summed E-state index contributed by atoms with van der Waals surface area (Å²) in [5.41, 5.74) is 0. The second kappa shape index (κ2) is 6.09. The van der Waals surface area contributed by atoms with Gasteiger partial charge in [-0.2, -0.15) is 13.2 Å². The normalized spacial score (nSPS) is 17.1. The molecule has 0 bridgehead atoms. The Morgan fingerprint density at radius 1 is 1.23 bits per heavy atom. The summed E-state index contributed by atoms with van der Waals surface area (Å²) in [7, 11) is 0. The maximum atomic E-state index is 12.2. The van der Waals surface area contributed by atoms with Gasteiger partial charge in [-0.05, 0) is 6.42 Å². The van der Waals surface area contributed by atoms with E-state index >= 15 is 0 Å². The van der Waals surface area contributed by atoms with E-state index in [0.717, 1.165) is 19.3 Å². The Balaban J connectivity index is 3.76. The molecule has 0 fully saturated rings. The summed E-state index contributed by atoms with van der Waals surface area (Å²) in [6, 6.07) is 0. The highest BCUT2D eigenvalue weighted by molar-refractivity contribution is 14.1. The van der Waals surface area contributed by atoms with Crippen LogP contribution in [0.4, 0.5) is 13.2 Å². The van der Waals surface area contributed by atoms with Crippen LogP contribution >= 0.6 is 22.6 Å². The predicted octanol–water partition coefficient (Wildman–Crippen LogP) is 4.57. The van der Waals surface area contributed by atoms with Crippen molar-refractivity contribution in [2.45, 2.75) is 49.6 Å². The zero-order chi connectivity index (χ0) is 10.5. The molecule has 0 aromatic rings. The van der Waals surface area contributed by atoms with Crippen molar-refractivity contribution in [3.05, 3.63) is 0 Å². The van der Waals surface area contributed by atoms with Gasteiger partial charge in [0, 0.05) is 3.92 Å². The highest BCUT2D eigenvalue weighted by Crippen LogP contribution is 2.34. The van der Waals surface area contributed by atoms with E-state index in [0.29, 0.717) is 6.42 Å². The first-order valence-corrected chi connectivity index (χ1v) is 5.85. The summed E-state index contributed by atoms with van der Waals surface area (Å²) in [5.74, 6) is -1.18. The van der Waals surface area contributed by atoms with Gasteiger partial charge in [-0.15, -0.1) is 0 Å². The Labute approximate surface area is 91.4 Å². The van der Waals surface area contributed by atoms with Gasteiger partial charge in [-0.3, -0.25) is 0 Å². The van der Waals surface area contributed by atoms with Crippen LogP contribution in [-0.2, 0) is 0 Å². The van der Waals surface area contributed by atoms with Crippen molar-refractivity contribution in [1.29, 1.82) is 0 Å². The zero-order valence-electron chi connectivity index (χ0n) is 7.99. The first kappa shape index (κ1) is 13.5. The number of hydrogen-bond donors (Lipinski definition) is 0. The van der Waals surface area contributed by atoms with E-state index in [1.54, 1.807) is 0 Å². The molecule has 0 radical (unpaired) electrons. The average Bonchev–Trinajstić information content (AvgIpc) is 2.01. The molecule has 0 nitrogen and oxygen atoms in total. The first-order chi connectivity index (χ1) is 5.89. The fourth-order valence-electron chi connectivity index (χ4n) is 1.04. The number of rotatable bonds is 5. The minimum Gasteiger partial charge on any atom is -0.171 e. The highest BCUT2D eigenvalue weighted by Gasteiger charge is 2.39. The van der Waals surface area contributed by atoms with Gasteiger partial charge in [0.1, 0.15) is 0 Å². The van der Waals surface area contributed by atoms with Gasteiger partial charge in [0.25, 0.3) is 0 Å². The van der Waals surface area contributed by atoms with Crippen LogP contribution in [0.15, 0.2) is 0 Å². The van der Waals surface area contributed by atoms with Crippen LogP contribution in [0, 0.1) is 5.92 Å². The molecule has 0 N–H and O–H groups in total. The molecule has 2 unspecified atom stereocenters. The smallest absolute Gasteiger partial charge is 0.171 e. The Bertz CT molecular complexity index is 133. The van der Waals surface area contributed by atoms with Gasteiger partial charge in [-0.1, -0.05) is 55.7 Å². The van der Waals surface area contributed by atoms with Gasteiger partial charge < -0.3 is 0 Å². The van der Waals surface area contributed by atoms with Gasteiger partial charge >= 0.3 is 6.18 Å². The highest BCUT2D eigenvalue weighted by atomic mass is 127. The number of alkyl halides is 4. The number of hydrogen-bond acceptors (Lipinski definition) is 0. The standard InChI is InChI=1S/C9H16F3I/c1-3-4-5-6-8(13)7(2)9(10,11)12/h7-8H,3-6H2,1-2H3. The van der Waals surface area contributed by atoms with Gasteiger partial charge in [-0.25, -0.2) is 0 Å². The summed E-state index contributed by atoms with van der Waals surface area (Å²) in [4.78, 5) is 0. The number of unbranched alkanes of at least 4 members (excludes halogenated alkanes) is 2. The third kappa shape index (κ3) is 5.75. The van der Waals surface area contributed by atoms with Crippen molar-refractivity contribution in [2.75, 3.05) is 0 Å². The first-order valence-electron chi connectivity index (χ1n) is 4.60. The molecule has 0 saturated carbocycles. The van der Waals surface area contributed by atoms with Crippen LogP contribution in [-0.4, -0.2) is 10.1 Å². The Hall–Kier alpha value is 0.520. The lowest BCUT2D eigenvalue weighted by atomic mass is 10.0. The summed E-state index contributed by atoms with van der Waals surface area (Å²) in [6.45, 7) is 3.32. The van der Waals surface area contributed by atoms with Gasteiger partial charge in [0.05, 0.1) is 5.92 Å². The quantitative estimate of drug-likeness (QED) is 0.396. The van der Waals surface area contributed by atoms with E-state index in [1.807, 2.05) is 22.6 Å². The Morgan fingerprint density at radius 2 is 1.77 bits per heavy atom. The van der Waals surface area contributed by atoms with Crippen molar-refractivity contribution in [2.24, 2.45) is 5.92 Å².